The van der Waals surface area contributed by atoms with E-state index in [9.17, 15) is 10.1 Å². The summed E-state index contributed by atoms with van der Waals surface area (Å²) >= 11 is 2.13. The van der Waals surface area contributed by atoms with Gasteiger partial charge in [-0.2, -0.15) is 5.26 Å². The SMILES string of the molecule is COc1ccc(/C(C#N)=C/c2cc(I)c(OCC(=O)Nc3cccc(C)c3)c(OC)c2)cc1. The molecule has 0 saturated heterocycles. The van der Waals surface area contributed by atoms with Crippen molar-refractivity contribution in [3.8, 4) is 23.3 Å². The molecule has 3 aromatic carbocycles. The van der Waals surface area contributed by atoms with Crippen molar-refractivity contribution in [3.05, 3.63) is 80.9 Å². The number of hydrogen-bond acceptors (Lipinski definition) is 5. The number of benzene rings is 3. The van der Waals surface area contributed by atoms with Crippen LogP contribution in [0.1, 0.15) is 16.7 Å². The van der Waals surface area contributed by atoms with Gasteiger partial charge in [-0.15, -0.1) is 0 Å². The van der Waals surface area contributed by atoms with Gasteiger partial charge < -0.3 is 19.5 Å². The molecule has 0 atom stereocenters. The van der Waals surface area contributed by atoms with Crippen molar-refractivity contribution >= 4 is 45.8 Å². The number of rotatable bonds is 8. The Bertz CT molecular complexity index is 1210. The Labute approximate surface area is 206 Å². The van der Waals surface area contributed by atoms with E-state index in [2.05, 4.69) is 34.0 Å². The molecule has 168 valence electrons. The zero-order valence-corrected chi connectivity index (χ0v) is 20.7. The van der Waals surface area contributed by atoms with Crippen molar-refractivity contribution in [1.82, 2.24) is 0 Å². The molecule has 33 heavy (non-hydrogen) atoms. The summed E-state index contributed by atoms with van der Waals surface area (Å²) < 4.78 is 17.2. The van der Waals surface area contributed by atoms with Gasteiger partial charge in [-0.3, -0.25) is 4.79 Å². The Morgan fingerprint density at radius 1 is 1.09 bits per heavy atom. The van der Waals surface area contributed by atoms with Gasteiger partial charge in [-0.05, 0) is 101 Å². The molecule has 0 spiro atoms. The number of aryl methyl sites for hydroxylation is 1. The number of allylic oxidation sites excluding steroid dienone is 1. The Balaban J connectivity index is 1.77. The predicted molar refractivity (Wildman–Crippen MR) is 137 cm³/mol. The summed E-state index contributed by atoms with van der Waals surface area (Å²) in [6.07, 6.45) is 1.78. The number of nitriles is 1. The maximum absolute atomic E-state index is 12.3. The average Bonchev–Trinajstić information content (AvgIpc) is 2.81. The van der Waals surface area contributed by atoms with Crippen molar-refractivity contribution in [2.75, 3.05) is 26.1 Å². The van der Waals surface area contributed by atoms with Crippen molar-refractivity contribution < 1.29 is 19.0 Å². The van der Waals surface area contributed by atoms with Gasteiger partial charge in [-0.25, -0.2) is 0 Å². The van der Waals surface area contributed by atoms with Crippen LogP contribution in [0.5, 0.6) is 17.2 Å². The molecule has 0 aromatic heterocycles. The van der Waals surface area contributed by atoms with E-state index in [4.69, 9.17) is 14.2 Å². The monoisotopic (exact) mass is 554 g/mol. The van der Waals surface area contributed by atoms with Gasteiger partial charge in [0, 0.05) is 5.69 Å². The minimum Gasteiger partial charge on any atom is -0.497 e. The lowest BCUT2D eigenvalue weighted by atomic mass is 10.0. The topological polar surface area (TPSA) is 80.6 Å². The van der Waals surface area contributed by atoms with Crippen LogP contribution in [-0.2, 0) is 4.79 Å². The van der Waals surface area contributed by atoms with Crippen molar-refractivity contribution in [2.45, 2.75) is 6.92 Å². The highest BCUT2D eigenvalue weighted by Crippen LogP contribution is 2.35. The number of carbonyl (C=O) groups excluding carboxylic acids is 1. The minimum atomic E-state index is -0.270. The molecule has 3 rings (SSSR count). The number of ether oxygens (including phenoxy) is 3. The van der Waals surface area contributed by atoms with Crippen molar-refractivity contribution in [2.24, 2.45) is 0 Å². The third-order valence-electron chi connectivity index (χ3n) is 4.73. The zero-order chi connectivity index (χ0) is 23.8. The van der Waals surface area contributed by atoms with Crippen LogP contribution in [0.15, 0.2) is 60.7 Å². The number of halogens is 1. The zero-order valence-electron chi connectivity index (χ0n) is 18.5. The predicted octanol–water partition coefficient (Wildman–Crippen LogP) is 5.70. The molecular weight excluding hydrogens is 531 g/mol. The van der Waals surface area contributed by atoms with Crippen LogP contribution in [0.25, 0.3) is 11.6 Å². The number of nitrogens with zero attached hydrogens (tertiary/aromatic N) is 1. The number of nitrogens with one attached hydrogen (secondary N) is 1. The van der Waals surface area contributed by atoms with E-state index < -0.39 is 0 Å². The van der Waals surface area contributed by atoms with Crippen LogP contribution in [0.4, 0.5) is 5.69 Å². The van der Waals surface area contributed by atoms with Crippen LogP contribution in [0.2, 0.25) is 0 Å². The number of anilines is 1. The Kier molecular flexibility index (Phi) is 8.33. The fourth-order valence-corrected chi connectivity index (χ4v) is 3.92. The summed E-state index contributed by atoms with van der Waals surface area (Å²) in [4.78, 5) is 12.3. The lowest BCUT2D eigenvalue weighted by Gasteiger charge is -2.14. The van der Waals surface area contributed by atoms with E-state index in [1.165, 1.54) is 7.11 Å². The Morgan fingerprint density at radius 3 is 2.48 bits per heavy atom. The molecule has 6 nitrogen and oxygen atoms in total. The molecular formula is C26H23IN2O4. The van der Waals surface area contributed by atoms with E-state index in [-0.39, 0.29) is 12.5 Å². The first-order valence-corrected chi connectivity index (χ1v) is 11.1. The summed E-state index contributed by atoms with van der Waals surface area (Å²) in [7, 11) is 3.13. The van der Waals surface area contributed by atoms with E-state index in [1.807, 2.05) is 61.5 Å². The normalized spacial score (nSPS) is 10.8. The molecule has 0 unspecified atom stereocenters. The van der Waals surface area contributed by atoms with Gasteiger partial charge >= 0.3 is 0 Å². The summed E-state index contributed by atoms with van der Waals surface area (Å²) in [5.41, 5.74) is 3.83. The van der Waals surface area contributed by atoms with Crippen molar-refractivity contribution in [3.63, 3.8) is 0 Å². The van der Waals surface area contributed by atoms with Crippen LogP contribution >= 0.6 is 22.6 Å². The minimum absolute atomic E-state index is 0.162. The number of carbonyl (C=O) groups is 1. The number of amides is 1. The summed E-state index contributed by atoms with van der Waals surface area (Å²) in [6.45, 7) is 1.80. The summed E-state index contributed by atoms with van der Waals surface area (Å²) in [5.74, 6) is 1.40. The summed E-state index contributed by atoms with van der Waals surface area (Å²) in [5, 5.41) is 12.5. The van der Waals surface area contributed by atoms with Crippen LogP contribution in [0, 0.1) is 21.8 Å². The summed E-state index contributed by atoms with van der Waals surface area (Å²) in [6, 6.07) is 20.7. The molecule has 0 bridgehead atoms. The van der Waals surface area contributed by atoms with E-state index in [0.717, 1.165) is 26.0 Å². The first-order chi connectivity index (χ1) is 15.9. The van der Waals surface area contributed by atoms with Crippen molar-refractivity contribution in [1.29, 1.82) is 5.26 Å². The van der Waals surface area contributed by atoms with Gasteiger partial charge in [0.1, 0.15) is 5.75 Å². The van der Waals surface area contributed by atoms with E-state index in [1.54, 1.807) is 19.3 Å². The maximum Gasteiger partial charge on any atom is 0.262 e. The van der Waals surface area contributed by atoms with E-state index >= 15 is 0 Å². The first kappa shape index (κ1) is 24.1. The average molecular weight is 554 g/mol. The van der Waals surface area contributed by atoms with Crippen LogP contribution in [0.3, 0.4) is 0 Å². The molecule has 0 heterocycles. The molecule has 1 amide bonds. The number of methoxy groups -OCH3 is 2. The molecule has 0 fully saturated rings. The van der Waals surface area contributed by atoms with Crippen LogP contribution < -0.4 is 19.5 Å². The van der Waals surface area contributed by atoms with Gasteiger partial charge in [0.15, 0.2) is 18.1 Å². The van der Waals surface area contributed by atoms with Gasteiger partial charge in [0.05, 0.1) is 29.4 Å². The van der Waals surface area contributed by atoms with Crippen LogP contribution in [-0.4, -0.2) is 26.7 Å². The largest absolute Gasteiger partial charge is 0.497 e. The van der Waals surface area contributed by atoms with Gasteiger partial charge in [-0.1, -0.05) is 12.1 Å². The highest BCUT2D eigenvalue weighted by Gasteiger charge is 2.14. The lowest BCUT2D eigenvalue weighted by Crippen LogP contribution is -2.20. The molecule has 3 aromatic rings. The highest BCUT2D eigenvalue weighted by molar-refractivity contribution is 14.1. The quantitative estimate of drug-likeness (QED) is 0.220. The fourth-order valence-electron chi connectivity index (χ4n) is 3.14. The first-order valence-electron chi connectivity index (χ1n) is 10.1. The fraction of sp³-hybridized carbons (Fsp3) is 0.154. The molecule has 0 saturated carbocycles. The molecule has 7 heteroatoms. The second-order valence-corrected chi connectivity index (χ2v) is 8.30. The smallest absolute Gasteiger partial charge is 0.262 e. The third-order valence-corrected chi connectivity index (χ3v) is 5.53. The second-order valence-electron chi connectivity index (χ2n) is 7.14. The molecule has 0 aliphatic carbocycles. The standard InChI is InChI=1S/C26H23IN2O4/c1-17-5-4-6-21(11-17)29-25(30)16-33-26-23(27)13-18(14-24(26)32-3)12-20(15-28)19-7-9-22(31-2)10-8-19/h4-14H,16H2,1-3H3,(H,29,30)/b20-12+. The molecule has 0 aliphatic rings. The van der Waals surface area contributed by atoms with Gasteiger partial charge in [0.25, 0.3) is 5.91 Å². The number of hydrogen-bond donors (Lipinski definition) is 1. The molecule has 0 radical (unpaired) electrons. The maximum atomic E-state index is 12.3. The molecule has 0 aliphatic heterocycles. The highest BCUT2D eigenvalue weighted by atomic mass is 127. The second kappa shape index (κ2) is 11.4. The Morgan fingerprint density at radius 2 is 1.85 bits per heavy atom. The molecule has 1 N–H and O–H groups in total. The third kappa shape index (κ3) is 6.49. The van der Waals surface area contributed by atoms with Gasteiger partial charge in [0.2, 0.25) is 0 Å². The lowest BCUT2D eigenvalue weighted by molar-refractivity contribution is -0.118. The van der Waals surface area contributed by atoms with E-state index in [0.29, 0.717) is 22.8 Å². The Hall–Kier alpha value is -3.51.